The molecule has 0 spiro atoms. The number of carbonyl (C=O) groups is 4. The van der Waals surface area contributed by atoms with Gasteiger partial charge in [0.2, 0.25) is 23.6 Å². The first-order valence-corrected chi connectivity index (χ1v) is 18.5. The van der Waals surface area contributed by atoms with E-state index in [1.165, 1.54) is 45.0 Å². The maximum absolute atomic E-state index is 13.7. The number of piperazine rings is 2. The zero-order chi connectivity index (χ0) is 35.7. The lowest BCUT2D eigenvalue weighted by molar-refractivity contribution is -0.156. The Hall–Kier alpha value is -4.53. The number of benzene rings is 3. The van der Waals surface area contributed by atoms with E-state index < -0.39 is 50.5 Å². The largest absolute Gasteiger partial charge is 0.388 e. The predicted molar refractivity (Wildman–Crippen MR) is 188 cm³/mol. The summed E-state index contributed by atoms with van der Waals surface area (Å²) in [5, 5.41) is 14.1. The van der Waals surface area contributed by atoms with E-state index in [4.69, 9.17) is 0 Å². The van der Waals surface area contributed by atoms with Gasteiger partial charge in [-0.2, -0.15) is 0 Å². The third-order valence-corrected chi connectivity index (χ3v) is 13.3. The number of para-hydroxylation sites is 1. The molecule has 0 saturated carbocycles. The third kappa shape index (κ3) is 5.06. The van der Waals surface area contributed by atoms with Crippen molar-refractivity contribution in [3.8, 4) is 0 Å². The summed E-state index contributed by atoms with van der Waals surface area (Å²) in [4.78, 5) is 53.8. The van der Waals surface area contributed by atoms with E-state index in [-0.39, 0.29) is 35.7 Å². The molecule has 260 valence electrons. The molecule has 1 aliphatic carbocycles. The molecular formula is C36H36BrN5O7S. The van der Waals surface area contributed by atoms with Gasteiger partial charge in [0.05, 0.1) is 23.7 Å². The van der Waals surface area contributed by atoms with Crippen LogP contribution in [-0.4, -0.2) is 103 Å². The van der Waals surface area contributed by atoms with Crippen molar-refractivity contribution in [1.82, 2.24) is 20.0 Å². The highest BCUT2D eigenvalue weighted by Gasteiger charge is 2.71. The van der Waals surface area contributed by atoms with E-state index in [0.29, 0.717) is 11.3 Å². The van der Waals surface area contributed by atoms with Crippen LogP contribution < -0.4 is 9.62 Å². The lowest BCUT2D eigenvalue weighted by Gasteiger charge is -2.40. The smallest absolute Gasteiger partial charge is 0.266 e. The maximum atomic E-state index is 13.7. The van der Waals surface area contributed by atoms with Crippen LogP contribution in [0.5, 0.6) is 0 Å². The van der Waals surface area contributed by atoms with Gasteiger partial charge in [-0.05, 0) is 41.3 Å². The Balaban J connectivity index is 0.000000170. The number of nitrogens with zero attached hydrogens (tertiary/aromatic N) is 4. The first kappa shape index (κ1) is 33.9. The topological polar surface area (TPSA) is 148 Å². The van der Waals surface area contributed by atoms with Gasteiger partial charge >= 0.3 is 0 Å². The quantitative estimate of drug-likeness (QED) is 0.387. The number of fused-ring (bicyclic) bond motifs is 6. The monoisotopic (exact) mass is 761 g/mol. The molecular weight excluding hydrogens is 726 g/mol. The summed E-state index contributed by atoms with van der Waals surface area (Å²) in [6.45, 7) is 1.98. The molecule has 50 heavy (non-hydrogen) atoms. The van der Waals surface area contributed by atoms with Gasteiger partial charge in [0.15, 0.2) is 0 Å². The number of carbonyl (C=O) groups excluding carboxylic acids is 4. The molecule has 8 rings (SSSR count). The van der Waals surface area contributed by atoms with E-state index in [1.54, 1.807) is 49.5 Å². The zero-order valence-corrected chi connectivity index (χ0v) is 30.0. The molecule has 0 bridgehead atoms. The highest BCUT2D eigenvalue weighted by atomic mass is 79.9. The summed E-state index contributed by atoms with van der Waals surface area (Å²) in [5.74, 6) is -0.963. The molecule has 4 aliphatic heterocycles. The van der Waals surface area contributed by atoms with E-state index >= 15 is 0 Å². The van der Waals surface area contributed by atoms with Crippen LogP contribution in [0.15, 0.2) is 89.8 Å². The molecule has 12 nitrogen and oxygen atoms in total. The van der Waals surface area contributed by atoms with E-state index in [2.05, 4.69) is 39.5 Å². The third-order valence-electron chi connectivity index (χ3n) is 10.2. The Morgan fingerprint density at radius 2 is 1.52 bits per heavy atom. The first-order valence-electron chi connectivity index (χ1n) is 16.2. The number of likely N-dealkylation sites (N-methyl/N-ethyl adjacent to an activating group) is 2. The molecule has 3 fully saturated rings. The first-order chi connectivity index (χ1) is 23.8. The average molecular weight is 763 g/mol. The molecule has 3 aromatic rings. The van der Waals surface area contributed by atoms with Crippen molar-refractivity contribution in [1.29, 1.82) is 0 Å². The molecule has 0 radical (unpaired) electrons. The van der Waals surface area contributed by atoms with Gasteiger partial charge in [-0.1, -0.05) is 89.6 Å². The number of hydrogen-bond acceptors (Lipinski definition) is 7. The number of halogens is 1. The Morgan fingerprint density at radius 3 is 2.26 bits per heavy atom. The van der Waals surface area contributed by atoms with Crippen LogP contribution in [0.3, 0.4) is 0 Å². The molecule has 2 N–H and O–H groups in total. The fourth-order valence-electron chi connectivity index (χ4n) is 7.76. The number of hydrogen-bond donors (Lipinski definition) is 2. The lowest BCUT2D eigenvalue weighted by Crippen LogP contribution is -2.63. The molecule has 3 saturated heterocycles. The molecule has 3 aromatic carbocycles. The number of anilines is 1. The Bertz CT molecular complexity index is 2060. The fourth-order valence-corrected chi connectivity index (χ4v) is 10.6. The van der Waals surface area contributed by atoms with Crippen LogP contribution in [0.1, 0.15) is 23.6 Å². The molecule has 0 aromatic heterocycles. The maximum Gasteiger partial charge on any atom is 0.266 e. The van der Waals surface area contributed by atoms with Gasteiger partial charge in [-0.3, -0.25) is 19.2 Å². The summed E-state index contributed by atoms with van der Waals surface area (Å²) >= 11 is 3.59. The van der Waals surface area contributed by atoms with E-state index in [0.717, 1.165) is 16.3 Å². The van der Waals surface area contributed by atoms with Crippen molar-refractivity contribution in [2.75, 3.05) is 31.5 Å². The van der Waals surface area contributed by atoms with Crippen LogP contribution in [0.2, 0.25) is 0 Å². The molecule has 4 heterocycles. The SMILES string of the molecule is CN1CC(=O)N2[C@H](C1=O)[C@@H](O)[C@]1(Br)c3ccccc3N(S(=O)(=O)c3ccccc3)[C@H]21.C[C@@H](C1=CCc2ccccc21)[C@@H]1NC(=O)CN(C)C1=O. The minimum atomic E-state index is -4.10. The van der Waals surface area contributed by atoms with Crippen molar-refractivity contribution in [3.63, 3.8) is 0 Å². The summed E-state index contributed by atoms with van der Waals surface area (Å²) in [6, 6.07) is 21.3. The van der Waals surface area contributed by atoms with Crippen molar-refractivity contribution < 1.29 is 32.7 Å². The van der Waals surface area contributed by atoms with Gasteiger partial charge in [-0.25, -0.2) is 12.7 Å². The number of nitrogens with one attached hydrogen (secondary N) is 1. The van der Waals surface area contributed by atoms with Crippen molar-refractivity contribution in [2.24, 2.45) is 5.92 Å². The summed E-state index contributed by atoms with van der Waals surface area (Å²) in [5.41, 5.74) is 4.53. The minimum Gasteiger partial charge on any atom is -0.388 e. The summed E-state index contributed by atoms with van der Waals surface area (Å²) in [6.07, 6.45) is 0.619. The molecule has 0 unspecified atom stereocenters. The van der Waals surface area contributed by atoms with Gasteiger partial charge in [0, 0.05) is 25.6 Å². The van der Waals surface area contributed by atoms with Crippen molar-refractivity contribution >= 4 is 60.8 Å². The van der Waals surface area contributed by atoms with Crippen LogP contribution in [-0.2, 0) is 39.9 Å². The van der Waals surface area contributed by atoms with E-state index in [9.17, 15) is 32.7 Å². The second-order valence-corrected chi connectivity index (χ2v) is 16.3. The molecule has 4 amide bonds. The van der Waals surface area contributed by atoms with Gasteiger partial charge < -0.3 is 25.1 Å². The number of aliphatic hydroxyl groups is 1. The number of allylic oxidation sites excluding steroid dienone is 1. The summed E-state index contributed by atoms with van der Waals surface area (Å²) < 4.78 is 27.2. The van der Waals surface area contributed by atoms with Gasteiger partial charge in [0.1, 0.15) is 28.7 Å². The standard InChI is InChI=1S/C20H18BrN3O5S.C16H18N2O2/c1-22-11-15(25)23-16(18(22)27)17(26)20(21)13-9-5-6-10-14(13)24(19(20)23)30(28,29)12-7-3-2-4-8-12;1-10(15-16(20)18(2)9-14(19)17-15)12-8-7-11-5-3-4-6-13(11)12/h2-10,16-17,19,26H,11H2,1H3;3-6,8,10,15H,7,9H2,1-2H3,(H,17,19)/t16-,17+,19-,20+;10-,15-/m00/s1. The number of alkyl halides is 1. The van der Waals surface area contributed by atoms with Crippen LogP contribution >= 0.6 is 15.9 Å². The normalized spacial score (nSPS) is 27.5. The van der Waals surface area contributed by atoms with Crippen molar-refractivity contribution in [2.45, 2.75) is 46.9 Å². The summed E-state index contributed by atoms with van der Waals surface area (Å²) in [7, 11) is -0.929. The average Bonchev–Trinajstić information content (AvgIpc) is 3.72. The van der Waals surface area contributed by atoms with Crippen LogP contribution in [0, 0.1) is 5.92 Å². The Morgan fingerprint density at radius 1 is 0.880 bits per heavy atom. The Labute approximate surface area is 298 Å². The predicted octanol–water partition coefficient (Wildman–Crippen LogP) is 2.07. The van der Waals surface area contributed by atoms with Gasteiger partial charge in [-0.15, -0.1) is 0 Å². The number of amides is 4. The number of sulfonamides is 1. The highest BCUT2D eigenvalue weighted by molar-refractivity contribution is 9.09. The van der Waals surface area contributed by atoms with E-state index in [1.807, 2.05) is 19.1 Å². The fraction of sp³-hybridized carbons (Fsp3) is 0.333. The second kappa shape index (κ2) is 12.4. The zero-order valence-electron chi connectivity index (χ0n) is 27.6. The highest BCUT2D eigenvalue weighted by Crippen LogP contribution is 2.59. The van der Waals surface area contributed by atoms with Crippen LogP contribution in [0.4, 0.5) is 5.69 Å². The molecule has 6 atom stereocenters. The van der Waals surface area contributed by atoms with Crippen molar-refractivity contribution in [3.05, 3.63) is 102 Å². The minimum absolute atomic E-state index is 0.0117. The number of rotatable bonds is 4. The Kier molecular flexibility index (Phi) is 8.39. The number of aliphatic hydroxyl groups excluding tert-OH is 1. The second-order valence-electron chi connectivity index (χ2n) is 13.2. The molecule has 14 heteroatoms. The van der Waals surface area contributed by atoms with Crippen LogP contribution in [0.25, 0.3) is 5.57 Å². The lowest BCUT2D eigenvalue weighted by atomic mass is 9.88. The van der Waals surface area contributed by atoms with Gasteiger partial charge in [0.25, 0.3) is 10.0 Å². The molecule has 5 aliphatic rings.